The average Bonchev–Trinajstić information content (AvgIpc) is 3.31. The Hall–Kier alpha value is -0.540. The monoisotopic (exact) mass is 592 g/mol. The predicted molar refractivity (Wildman–Crippen MR) is 162 cm³/mol. The lowest BCUT2D eigenvalue weighted by Gasteiger charge is -2.59. The normalized spacial score (nSPS) is 48.7. The third kappa shape index (κ3) is 5.67. The molecule has 4 fully saturated rings. The van der Waals surface area contributed by atoms with Crippen molar-refractivity contribution in [1.82, 2.24) is 0 Å². The molecule has 0 amide bonds. The minimum atomic E-state index is -1.44. The second-order valence-electron chi connectivity index (χ2n) is 15.8. The van der Waals surface area contributed by atoms with Crippen LogP contribution in [0.1, 0.15) is 106 Å². The summed E-state index contributed by atoms with van der Waals surface area (Å²) >= 11 is 0. The number of ether oxygens (including phenoxy) is 2. The van der Waals surface area contributed by atoms with Gasteiger partial charge in [-0.25, -0.2) is 0 Å². The number of aliphatic hydroxyl groups is 5. The highest BCUT2D eigenvalue weighted by atomic mass is 16.7. The van der Waals surface area contributed by atoms with Crippen molar-refractivity contribution < 1.29 is 35.0 Å². The van der Waals surface area contributed by atoms with Gasteiger partial charge in [0.05, 0.1) is 18.8 Å². The van der Waals surface area contributed by atoms with Crippen LogP contribution >= 0.6 is 0 Å². The smallest absolute Gasteiger partial charge is 0.186 e. The highest BCUT2D eigenvalue weighted by Gasteiger charge is 2.61. The molecule has 3 saturated carbocycles. The first-order chi connectivity index (χ1) is 19.8. The zero-order chi connectivity index (χ0) is 30.6. The van der Waals surface area contributed by atoms with Gasteiger partial charge in [0.25, 0.3) is 0 Å². The molecule has 0 radical (unpaired) electrons. The van der Waals surface area contributed by atoms with Gasteiger partial charge in [-0.1, -0.05) is 66.0 Å². The molecule has 242 valence electrons. The van der Waals surface area contributed by atoms with E-state index in [1.54, 1.807) is 0 Å². The van der Waals surface area contributed by atoms with Gasteiger partial charge in [-0.15, -0.1) is 0 Å². The second kappa shape index (κ2) is 12.7. The molecule has 0 bridgehead atoms. The topological polar surface area (TPSA) is 120 Å². The van der Waals surface area contributed by atoms with Crippen LogP contribution in [0.4, 0.5) is 0 Å². The number of rotatable bonds is 9. The van der Waals surface area contributed by atoms with Gasteiger partial charge in [-0.3, -0.25) is 0 Å². The van der Waals surface area contributed by atoms with E-state index in [-0.39, 0.29) is 11.5 Å². The predicted octanol–water partition coefficient (Wildman–Crippen LogP) is 4.82. The van der Waals surface area contributed by atoms with Crippen LogP contribution in [0.25, 0.3) is 0 Å². The second-order valence-corrected chi connectivity index (χ2v) is 15.8. The van der Waals surface area contributed by atoms with Crippen molar-refractivity contribution in [1.29, 1.82) is 0 Å². The molecule has 5 N–H and O–H groups in total. The largest absolute Gasteiger partial charge is 0.394 e. The summed E-state index contributed by atoms with van der Waals surface area (Å²) in [7, 11) is 0. The Labute approximate surface area is 254 Å². The summed E-state index contributed by atoms with van der Waals surface area (Å²) in [6.45, 7) is 14.1. The average molecular weight is 593 g/mol. The molecule has 1 saturated heterocycles. The van der Waals surface area contributed by atoms with Gasteiger partial charge in [-0.05, 0) is 104 Å². The number of fused-ring (bicyclic) bond motifs is 5. The molecular weight excluding hydrogens is 532 g/mol. The molecule has 4 aliphatic carbocycles. The van der Waals surface area contributed by atoms with Crippen molar-refractivity contribution in [2.24, 2.45) is 52.3 Å². The third-order valence-corrected chi connectivity index (χ3v) is 13.5. The summed E-state index contributed by atoms with van der Waals surface area (Å²) < 4.78 is 11.8. The summed E-state index contributed by atoms with van der Waals surface area (Å²) in [5.74, 6) is 4.35. The SMILES string of the molecule is CC[C@H](CC[C@@H](C)[C@H]1CC[C@H]2[C@@H]3[C@H](O)C=C4C[C@@H](O[C@@H]5O[C@H](CO)[C@@H](O)[C@H](O)[C@H]5O)CC[C@]4(C)[C@H]3CC[C@]12C)C(C)C. The van der Waals surface area contributed by atoms with Crippen molar-refractivity contribution in [3.8, 4) is 0 Å². The molecule has 5 aliphatic rings. The van der Waals surface area contributed by atoms with Crippen LogP contribution < -0.4 is 0 Å². The van der Waals surface area contributed by atoms with E-state index in [0.717, 1.165) is 42.9 Å². The summed E-state index contributed by atoms with van der Waals surface area (Å²) in [6.07, 6.45) is 6.41. The van der Waals surface area contributed by atoms with Gasteiger partial charge in [0.2, 0.25) is 0 Å². The molecule has 7 nitrogen and oxygen atoms in total. The highest BCUT2D eigenvalue weighted by molar-refractivity contribution is 5.28. The van der Waals surface area contributed by atoms with Gasteiger partial charge in [0, 0.05) is 0 Å². The van der Waals surface area contributed by atoms with Crippen LogP contribution in [0.5, 0.6) is 0 Å². The van der Waals surface area contributed by atoms with Gasteiger partial charge < -0.3 is 35.0 Å². The fourth-order valence-corrected chi connectivity index (χ4v) is 10.8. The molecule has 15 atom stereocenters. The molecule has 0 unspecified atom stereocenters. The van der Waals surface area contributed by atoms with Crippen molar-refractivity contribution >= 4 is 0 Å². The highest BCUT2D eigenvalue weighted by Crippen LogP contribution is 2.67. The fourth-order valence-electron chi connectivity index (χ4n) is 10.8. The van der Waals surface area contributed by atoms with Crippen LogP contribution in [-0.4, -0.2) is 75.1 Å². The first kappa shape index (κ1) is 32.8. The lowest BCUT2D eigenvalue weighted by Crippen LogP contribution is -2.60. The number of hydrogen-bond acceptors (Lipinski definition) is 7. The lowest BCUT2D eigenvalue weighted by atomic mass is 9.46. The maximum atomic E-state index is 11.7. The maximum Gasteiger partial charge on any atom is 0.186 e. The molecule has 1 heterocycles. The zero-order valence-corrected chi connectivity index (χ0v) is 27.0. The zero-order valence-electron chi connectivity index (χ0n) is 27.0. The summed E-state index contributed by atoms with van der Waals surface area (Å²) in [6, 6.07) is 0. The van der Waals surface area contributed by atoms with Crippen LogP contribution in [0.15, 0.2) is 11.6 Å². The van der Waals surface area contributed by atoms with Gasteiger partial charge in [0.15, 0.2) is 6.29 Å². The Kier molecular flexibility index (Phi) is 9.92. The summed E-state index contributed by atoms with van der Waals surface area (Å²) in [4.78, 5) is 0. The van der Waals surface area contributed by atoms with Gasteiger partial charge in [-0.2, -0.15) is 0 Å². The molecule has 0 aromatic heterocycles. The summed E-state index contributed by atoms with van der Waals surface area (Å²) in [5, 5.41) is 52.1. The van der Waals surface area contributed by atoms with Crippen molar-refractivity contribution in [3.63, 3.8) is 0 Å². The third-order valence-electron chi connectivity index (χ3n) is 13.5. The van der Waals surface area contributed by atoms with Gasteiger partial charge in [0.1, 0.15) is 24.4 Å². The minimum absolute atomic E-state index is 0.0236. The number of aliphatic hydroxyl groups excluding tert-OH is 5. The quantitative estimate of drug-likeness (QED) is 0.244. The van der Waals surface area contributed by atoms with E-state index in [4.69, 9.17) is 9.47 Å². The molecule has 42 heavy (non-hydrogen) atoms. The molecule has 7 heteroatoms. The Balaban J connectivity index is 1.27. The Morgan fingerprint density at radius 1 is 0.929 bits per heavy atom. The van der Waals surface area contributed by atoms with Crippen molar-refractivity contribution in [3.05, 3.63) is 11.6 Å². The van der Waals surface area contributed by atoms with E-state index in [1.165, 1.54) is 44.1 Å². The molecular formula is C35H60O7. The van der Waals surface area contributed by atoms with Crippen LogP contribution in [0, 0.1) is 52.3 Å². The van der Waals surface area contributed by atoms with Crippen molar-refractivity contribution in [2.45, 2.75) is 149 Å². The molecule has 0 aromatic rings. The molecule has 5 rings (SSSR count). The van der Waals surface area contributed by atoms with Crippen LogP contribution in [0.3, 0.4) is 0 Å². The Bertz CT molecular complexity index is 952. The Morgan fingerprint density at radius 3 is 2.33 bits per heavy atom. The maximum absolute atomic E-state index is 11.7. The lowest BCUT2D eigenvalue weighted by molar-refractivity contribution is -0.313. The van der Waals surface area contributed by atoms with E-state index in [1.807, 2.05) is 0 Å². The van der Waals surface area contributed by atoms with E-state index < -0.39 is 43.4 Å². The first-order valence-corrected chi connectivity index (χ1v) is 17.2. The number of hydrogen-bond donors (Lipinski definition) is 5. The first-order valence-electron chi connectivity index (χ1n) is 17.2. The molecule has 0 aromatic carbocycles. The van der Waals surface area contributed by atoms with Crippen molar-refractivity contribution in [2.75, 3.05) is 6.61 Å². The van der Waals surface area contributed by atoms with E-state index in [0.29, 0.717) is 29.6 Å². The fraction of sp³-hybridized carbons (Fsp3) is 0.943. The van der Waals surface area contributed by atoms with Gasteiger partial charge >= 0.3 is 0 Å². The molecule has 1 aliphatic heterocycles. The standard InChI is InChI=1S/C35H60O7/c1-7-21(19(2)3)9-8-20(4)24-10-11-25-29-26(13-15-35(24,25)6)34(5)14-12-23(16-22(34)17-27(29)37)41-33-32(40)31(39)30(38)28(18-36)42-33/h17,19-21,23-33,36-40H,7-16,18H2,1-6H3/t20-,21-,23+,24-,25+,26+,27-,28-,29+,30-,31+,32-,33-,34+,35-/m1/s1. The minimum Gasteiger partial charge on any atom is -0.394 e. The van der Waals surface area contributed by atoms with E-state index >= 15 is 0 Å². The van der Waals surface area contributed by atoms with Crippen LogP contribution in [-0.2, 0) is 9.47 Å². The molecule has 0 spiro atoms. The van der Waals surface area contributed by atoms with E-state index in [2.05, 4.69) is 47.6 Å². The summed E-state index contributed by atoms with van der Waals surface area (Å²) in [5.41, 5.74) is 1.57. The van der Waals surface area contributed by atoms with Crippen LogP contribution in [0.2, 0.25) is 0 Å². The van der Waals surface area contributed by atoms with E-state index in [9.17, 15) is 25.5 Å². The Morgan fingerprint density at radius 2 is 1.67 bits per heavy atom.